The number of amidine groups is 1. The third-order valence-corrected chi connectivity index (χ3v) is 1.71. The summed E-state index contributed by atoms with van der Waals surface area (Å²) in [6, 6.07) is 0. The molecule has 0 rings (SSSR count). The summed E-state index contributed by atoms with van der Waals surface area (Å²) in [5.74, 6) is 0. The zero-order valence-electron chi connectivity index (χ0n) is 7.67. The smallest absolute Gasteiger partial charge is 0.261 e. The molecular weight excluding hydrogens is 212 g/mol. The van der Waals surface area contributed by atoms with Crippen molar-refractivity contribution in [3.05, 3.63) is 0 Å². The van der Waals surface area contributed by atoms with Crippen molar-refractivity contribution in [1.29, 1.82) is 5.26 Å². The minimum Gasteiger partial charge on any atom is -0.374 e. The number of nitrogens with zero attached hydrogens (tertiary/aromatic N) is 2. The summed E-state index contributed by atoms with van der Waals surface area (Å²) in [5, 5.41) is 11.1. The van der Waals surface area contributed by atoms with E-state index >= 15 is 0 Å². The number of nitriles is 1. The van der Waals surface area contributed by atoms with E-state index in [2.05, 4.69) is 15.0 Å². The molecule has 0 fully saturated rings. The molecule has 0 aliphatic rings. The second kappa shape index (κ2) is 8.72. The number of hydrogen-bond donors (Lipinski definition) is 1. The van der Waals surface area contributed by atoms with Crippen LogP contribution in [-0.2, 0) is 4.74 Å². The summed E-state index contributed by atoms with van der Waals surface area (Å²) >= 11 is 1.27. The van der Waals surface area contributed by atoms with Crippen LogP contribution in [-0.4, -0.2) is 37.6 Å². The lowest BCUT2D eigenvalue weighted by atomic mass is 10.7. The van der Waals surface area contributed by atoms with Crippen LogP contribution in [0.4, 0.5) is 8.78 Å². The van der Waals surface area contributed by atoms with Crippen LogP contribution in [0.5, 0.6) is 0 Å². The van der Waals surface area contributed by atoms with Gasteiger partial charge in [0.1, 0.15) is 6.61 Å². The van der Waals surface area contributed by atoms with E-state index in [1.807, 2.05) is 0 Å². The fraction of sp³-hybridized carbons (Fsp3) is 0.714. The zero-order chi connectivity index (χ0) is 10.8. The molecule has 0 bridgehead atoms. The van der Waals surface area contributed by atoms with Crippen LogP contribution in [0.25, 0.3) is 0 Å². The van der Waals surface area contributed by atoms with Crippen molar-refractivity contribution in [2.45, 2.75) is 6.43 Å². The summed E-state index contributed by atoms with van der Waals surface area (Å²) in [6.45, 7) is -0.186. The van der Waals surface area contributed by atoms with E-state index in [-0.39, 0.29) is 13.2 Å². The Bertz CT molecular complexity index is 217. The zero-order valence-corrected chi connectivity index (χ0v) is 8.48. The molecule has 0 spiro atoms. The summed E-state index contributed by atoms with van der Waals surface area (Å²) < 4.78 is 27.8. The van der Waals surface area contributed by atoms with Gasteiger partial charge in [-0.25, -0.2) is 8.78 Å². The van der Waals surface area contributed by atoms with Gasteiger partial charge in [-0.15, -0.1) is 0 Å². The third kappa shape index (κ3) is 7.76. The molecule has 0 aliphatic heterocycles. The first-order chi connectivity index (χ1) is 6.70. The Morgan fingerprint density at radius 2 is 2.43 bits per heavy atom. The van der Waals surface area contributed by atoms with E-state index < -0.39 is 13.0 Å². The van der Waals surface area contributed by atoms with Crippen LogP contribution in [0.2, 0.25) is 0 Å². The van der Waals surface area contributed by atoms with Crippen molar-refractivity contribution < 1.29 is 13.5 Å². The fourth-order valence-corrected chi connectivity index (χ4v) is 0.955. The molecular formula is C7H11F2N3OS. The van der Waals surface area contributed by atoms with Crippen molar-refractivity contribution in [3.8, 4) is 6.19 Å². The minimum absolute atomic E-state index is 0.126. The van der Waals surface area contributed by atoms with E-state index in [0.717, 1.165) is 0 Å². The average molecular weight is 223 g/mol. The Morgan fingerprint density at radius 3 is 2.93 bits per heavy atom. The van der Waals surface area contributed by atoms with Crippen LogP contribution >= 0.6 is 11.8 Å². The molecule has 0 radical (unpaired) electrons. The molecule has 0 heterocycles. The second-order valence-electron chi connectivity index (χ2n) is 2.09. The molecule has 0 amide bonds. The van der Waals surface area contributed by atoms with Gasteiger partial charge in [-0.2, -0.15) is 5.26 Å². The Labute approximate surface area is 85.3 Å². The molecule has 0 aromatic carbocycles. The number of thioether (sulfide) groups is 1. The summed E-state index contributed by atoms with van der Waals surface area (Å²) in [7, 11) is 0. The molecule has 1 N–H and O–H groups in total. The van der Waals surface area contributed by atoms with Crippen molar-refractivity contribution >= 4 is 16.9 Å². The maximum atomic E-state index is 11.6. The number of alkyl halides is 2. The Balaban J connectivity index is 3.53. The average Bonchev–Trinajstić information content (AvgIpc) is 2.15. The highest BCUT2D eigenvalue weighted by Gasteiger charge is 2.00. The van der Waals surface area contributed by atoms with Crippen LogP contribution in [0.1, 0.15) is 0 Å². The van der Waals surface area contributed by atoms with Gasteiger partial charge in [0.25, 0.3) is 6.43 Å². The molecule has 0 saturated heterocycles. The summed E-state index contributed by atoms with van der Waals surface area (Å²) in [5.41, 5.74) is 0. The number of ether oxygens (including phenoxy) is 1. The molecule has 80 valence electrons. The maximum Gasteiger partial charge on any atom is 0.261 e. The first-order valence-electron chi connectivity index (χ1n) is 3.80. The molecule has 0 aromatic heterocycles. The predicted octanol–water partition coefficient (Wildman–Crippen LogP) is 1.06. The highest BCUT2D eigenvalue weighted by Crippen LogP contribution is 1.95. The maximum absolute atomic E-state index is 11.6. The van der Waals surface area contributed by atoms with Crippen molar-refractivity contribution in [1.82, 2.24) is 5.32 Å². The van der Waals surface area contributed by atoms with E-state index in [0.29, 0.717) is 5.17 Å². The van der Waals surface area contributed by atoms with Crippen LogP contribution in [0.3, 0.4) is 0 Å². The second-order valence-corrected chi connectivity index (χ2v) is 2.89. The Kier molecular flexibility index (Phi) is 8.17. The highest BCUT2D eigenvalue weighted by atomic mass is 32.2. The van der Waals surface area contributed by atoms with Gasteiger partial charge in [-0.05, 0) is 6.26 Å². The quantitative estimate of drug-likeness (QED) is 0.249. The largest absolute Gasteiger partial charge is 0.374 e. The van der Waals surface area contributed by atoms with Gasteiger partial charge in [0.2, 0.25) is 0 Å². The number of aliphatic imine (C=N–C) groups is 1. The van der Waals surface area contributed by atoms with Gasteiger partial charge in [0.05, 0.1) is 13.2 Å². The lowest BCUT2D eigenvalue weighted by Crippen LogP contribution is -2.15. The van der Waals surface area contributed by atoms with Gasteiger partial charge >= 0.3 is 0 Å². The topological polar surface area (TPSA) is 57.4 Å². The van der Waals surface area contributed by atoms with Gasteiger partial charge < -0.3 is 4.74 Å². The first-order valence-corrected chi connectivity index (χ1v) is 5.02. The van der Waals surface area contributed by atoms with Crippen LogP contribution in [0.15, 0.2) is 4.99 Å². The number of halogens is 2. The molecule has 0 aromatic rings. The molecule has 0 atom stereocenters. The monoisotopic (exact) mass is 223 g/mol. The Morgan fingerprint density at radius 1 is 1.71 bits per heavy atom. The van der Waals surface area contributed by atoms with Crippen molar-refractivity contribution in [3.63, 3.8) is 0 Å². The number of hydrogen-bond acceptors (Lipinski definition) is 4. The fourth-order valence-electron chi connectivity index (χ4n) is 0.587. The molecule has 7 heteroatoms. The SMILES string of the molecule is CSC(=NCCOCC(F)F)NC#N. The first kappa shape index (κ1) is 13.1. The lowest BCUT2D eigenvalue weighted by Gasteiger charge is -2.01. The number of rotatable bonds is 5. The van der Waals surface area contributed by atoms with Gasteiger partial charge in [0, 0.05) is 0 Å². The standard InChI is InChI=1S/C7H11F2N3OS/c1-14-7(12-5-10)11-2-3-13-4-6(8)9/h6H,2-4H2,1H3,(H,11,12). The van der Waals surface area contributed by atoms with Gasteiger partial charge in [-0.3, -0.25) is 10.3 Å². The summed E-state index contributed by atoms with van der Waals surface area (Å²) in [4.78, 5) is 3.90. The van der Waals surface area contributed by atoms with Crippen molar-refractivity contribution in [2.24, 2.45) is 4.99 Å². The summed E-state index contributed by atoms with van der Waals surface area (Å²) in [6.07, 6.45) is 1.02. The molecule has 14 heavy (non-hydrogen) atoms. The van der Waals surface area contributed by atoms with E-state index in [4.69, 9.17) is 5.26 Å². The van der Waals surface area contributed by atoms with E-state index in [9.17, 15) is 8.78 Å². The number of nitrogens with one attached hydrogen (secondary N) is 1. The molecule has 4 nitrogen and oxygen atoms in total. The van der Waals surface area contributed by atoms with Gasteiger partial charge in [0.15, 0.2) is 11.4 Å². The third-order valence-electron chi connectivity index (χ3n) is 1.09. The van der Waals surface area contributed by atoms with E-state index in [1.165, 1.54) is 11.8 Å². The predicted molar refractivity (Wildman–Crippen MR) is 51.4 cm³/mol. The molecule has 0 saturated carbocycles. The highest BCUT2D eigenvalue weighted by molar-refractivity contribution is 8.13. The minimum atomic E-state index is -2.45. The molecule has 0 unspecified atom stereocenters. The lowest BCUT2D eigenvalue weighted by molar-refractivity contribution is 0.0207. The normalized spacial score (nSPS) is 11.5. The van der Waals surface area contributed by atoms with E-state index in [1.54, 1.807) is 12.4 Å². The van der Waals surface area contributed by atoms with Gasteiger partial charge in [-0.1, -0.05) is 11.8 Å². The van der Waals surface area contributed by atoms with Crippen molar-refractivity contribution in [2.75, 3.05) is 26.0 Å². The van der Waals surface area contributed by atoms with Crippen LogP contribution < -0.4 is 5.32 Å². The molecule has 0 aliphatic carbocycles. The van der Waals surface area contributed by atoms with Crippen LogP contribution in [0, 0.1) is 11.5 Å². The Hall–Kier alpha value is -0.870.